The van der Waals surface area contributed by atoms with E-state index in [9.17, 15) is 0 Å². The molecule has 0 radical (unpaired) electrons. The minimum atomic E-state index is 0.653. The molecule has 0 fully saturated rings. The molecule has 2 aromatic heterocycles. The molecule has 0 aliphatic rings. The molecule has 19 heavy (non-hydrogen) atoms. The third-order valence-corrected chi connectivity index (χ3v) is 3.07. The summed E-state index contributed by atoms with van der Waals surface area (Å²) in [4.78, 5) is 17.4. The van der Waals surface area contributed by atoms with Crippen LogP contribution in [0.25, 0.3) is 11.5 Å². The Hall–Kier alpha value is -1.88. The summed E-state index contributed by atoms with van der Waals surface area (Å²) in [6.45, 7) is 5.07. The Bertz CT molecular complexity index is 516. The third kappa shape index (κ3) is 3.32. The first-order valence-corrected chi connectivity index (χ1v) is 6.47. The predicted molar refractivity (Wildman–Crippen MR) is 74.8 cm³/mol. The molecule has 0 spiro atoms. The summed E-state index contributed by atoms with van der Waals surface area (Å²) < 4.78 is 0. The van der Waals surface area contributed by atoms with E-state index in [1.165, 1.54) is 5.56 Å². The Balaban J connectivity index is 2.26. The highest BCUT2D eigenvalue weighted by atomic mass is 14.9. The van der Waals surface area contributed by atoms with Crippen molar-refractivity contribution < 1.29 is 0 Å². The van der Waals surface area contributed by atoms with Crippen molar-refractivity contribution in [2.24, 2.45) is 0 Å². The first-order valence-electron chi connectivity index (χ1n) is 6.47. The van der Waals surface area contributed by atoms with Gasteiger partial charge in [0.2, 0.25) is 0 Å². The van der Waals surface area contributed by atoms with Crippen LogP contribution in [-0.2, 0) is 6.42 Å². The van der Waals surface area contributed by atoms with Crippen molar-refractivity contribution in [1.82, 2.24) is 25.3 Å². The molecule has 2 aromatic rings. The summed E-state index contributed by atoms with van der Waals surface area (Å²) in [5.74, 6) is 0.653. The Morgan fingerprint density at radius 2 is 1.84 bits per heavy atom. The number of aryl methyl sites for hydroxylation is 2. The Morgan fingerprint density at radius 3 is 2.42 bits per heavy atom. The van der Waals surface area contributed by atoms with Crippen LogP contribution in [0.15, 0.2) is 18.6 Å². The summed E-state index contributed by atoms with van der Waals surface area (Å²) in [5, 5.41) is 3.16. The average Bonchev–Trinajstić information content (AvgIpc) is 2.43. The van der Waals surface area contributed by atoms with E-state index in [0.717, 1.165) is 36.5 Å². The van der Waals surface area contributed by atoms with Crippen LogP contribution in [0.5, 0.6) is 0 Å². The van der Waals surface area contributed by atoms with Crippen LogP contribution in [-0.4, -0.2) is 33.5 Å². The van der Waals surface area contributed by atoms with Crippen molar-refractivity contribution in [2.75, 3.05) is 13.6 Å². The molecule has 0 unspecified atom stereocenters. The van der Waals surface area contributed by atoms with Crippen LogP contribution in [0, 0.1) is 13.8 Å². The highest BCUT2D eigenvalue weighted by Gasteiger charge is 2.10. The summed E-state index contributed by atoms with van der Waals surface area (Å²) >= 11 is 0. The van der Waals surface area contributed by atoms with Gasteiger partial charge in [-0.1, -0.05) is 0 Å². The molecule has 0 atom stereocenters. The van der Waals surface area contributed by atoms with Crippen LogP contribution in [0.4, 0.5) is 0 Å². The lowest BCUT2D eigenvalue weighted by molar-refractivity contribution is 0.715. The lowest BCUT2D eigenvalue weighted by Crippen LogP contribution is -2.10. The number of hydrogen-bond donors (Lipinski definition) is 1. The van der Waals surface area contributed by atoms with E-state index in [-0.39, 0.29) is 0 Å². The number of aromatic nitrogens is 4. The number of hydrogen-bond acceptors (Lipinski definition) is 5. The Labute approximate surface area is 113 Å². The topological polar surface area (TPSA) is 63.6 Å². The average molecular weight is 257 g/mol. The Kier molecular flexibility index (Phi) is 4.52. The second-order valence-corrected chi connectivity index (χ2v) is 4.49. The highest BCUT2D eigenvalue weighted by Crippen LogP contribution is 2.17. The SMILES string of the molecule is CNCCCc1c(C)nc(-c2cnccn2)nc1C. The van der Waals surface area contributed by atoms with Crippen LogP contribution in [0.2, 0.25) is 0 Å². The maximum atomic E-state index is 4.55. The lowest BCUT2D eigenvalue weighted by Gasteiger charge is -2.10. The van der Waals surface area contributed by atoms with Crippen LogP contribution < -0.4 is 5.32 Å². The van der Waals surface area contributed by atoms with Gasteiger partial charge < -0.3 is 5.32 Å². The highest BCUT2D eigenvalue weighted by molar-refractivity contribution is 5.48. The molecule has 1 N–H and O–H groups in total. The van der Waals surface area contributed by atoms with Crippen molar-refractivity contribution in [2.45, 2.75) is 26.7 Å². The van der Waals surface area contributed by atoms with Gasteiger partial charge in [-0.15, -0.1) is 0 Å². The maximum absolute atomic E-state index is 4.55. The van der Waals surface area contributed by atoms with E-state index in [1.807, 2.05) is 20.9 Å². The third-order valence-electron chi connectivity index (χ3n) is 3.07. The van der Waals surface area contributed by atoms with Gasteiger partial charge in [0.1, 0.15) is 5.69 Å². The first-order chi connectivity index (χ1) is 9.22. The van der Waals surface area contributed by atoms with E-state index in [0.29, 0.717) is 5.82 Å². The molecule has 2 rings (SSSR count). The van der Waals surface area contributed by atoms with Crippen molar-refractivity contribution in [3.05, 3.63) is 35.5 Å². The molecule has 0 bridgehead atoms. The van der Waals surface area contributed by atoms with E-state index in [4.69, 9.17) is 0 Å². The predicted octanol–water partition coefficient (Wildman–Crippen LogP) is 1.70. The fourth-order valence-electron chi connectivity index (χ4n) is 2.07. The maximum Gasteiger partial charge on any atom is 0.180 e. The monoisotopic (exact) mass is 257 g/mol. The zero-order chi connectivity index (χ0) is 13.7. The number of nitrogens with zero attached hydrogens (tertiary/aromatic N) is 4. The summed E-state index contributed by atoms with van der Waals surface area (Å²) in [6, 6.07) is 0. The standard InChI is InChI=1S/C14H19N5/c1-10-12(5-4-6-15-3)11(2)19-14(18-10)13-9-16-7-8-17-13/h7-9,15H,4-6H2,1-3H3. The fraction of sp³-hybridized carbons (Fsp3) is 0.429. The van der Waals surface area contributed by atoms with E-state index in [2.05, 4.69) is 25.3 Å². The van der Waals surface area contributed by atoms with Gasteiger partial charge in [0.25, 0.3) is 0 Å². The van der Waals surface area contributed by atoms with Crippen LogP contribution >= 0.6 is 0 Å². The number of nitrogens with one attached hydrogen (secondary N) is 1. The minimum Gasteiger partial charge on any atom is -0.320 e. The van der Waals surface area contributed by atoms with Gasteiger partial charge in [0.05, 0.1) is 6.20 Å². The van der Waals surface area contributed by atoms with Gasteiger partial charge in [0.15, 0.2) is 5.82 Å². The zero-order valence-electron chi connectivity index (χ0n) is 11.6. The molecule has 5 nitrogen and oxygen atoms in total. The molecule has 2 heterocycles. The zero-order valence-corrected chi connectivity index (χ0v) is 11.6. The number of rotatable bonds is 5. The van der Waals surface area contributed by atoms with Gasteiger partial charge in [-0.2, -0.15) is 0 Å². The smallest absolute Gasteiger partial charge is 0.180 e. The normalized spacial score (nSPS) is 10.7. The van der Waals surface area contributed by atoms with Gasteiger partial charge in [-0.05, 0) is 45.8 Å². The summed E-state index contributed by atoms with van der Waals surface area (Å²) in [5.41, 5.74) is 4.02. The molecule has 100 valence electrons. The second-order valence-electron chi connectivity index (χ2n) is 4.49. The molecule has 0 saturated carbocycles. The van der Waals surface area contributed by atoms with Crippen molar-refractivity contribution >= 4 is 0 Å². The van der Waals surface area contributed by atoms with E-state index in [1.54, 1.807) is 18.6 Å². The van der Waals surface area contributed by atoms with E-state index >= 15 is 0 Å². The molecular formula is C14H19N5. The van der Waals surface area contributed by atoms with Crippen molar-refractivity contribution in [3.8, 4) is 11.5 Å². The molecule has 0 saturated heterocycles. The lowest BCUT2D eigenvalue weighted by atomic mass is 10.1. The van der Waals surface area contributed by atoms with Crippen molar-refractivity contribution in [1.29, 1.82) is 0 Å². The Morgan fingerprint density at radius 1 is 1.11 bits per heavy atom. The molecule has 0 aliphatic heterocycles. The molecule has 0 aromatic carbocycles. The largest absolute Gasteiger partial charge is 0.320 e. The first kappa shape index (κ1) is 13.5. The molecule has 0 aliphatic carbocycles. The molecule has 0 amide bonds. The van der Waals surface area contributed by atoms with Crippen LogP contribution in [0.3, 0.4) is 0 Å². The van der Waals surface area contributed by atoms with Gasteiger partial charge in [-0.25, -0.2) is 15.0 Å². The van der Waals surface area contributed by atoms with Gasteiger partial charge >= 0.3 is 0 Å². The summed E-state index contributed by atoms with van der Waals surface area (Å²) in [6.07, 6.45) is 7.08. The van der Waals surface area contributed by atoms with Gasteiger partial charge in [-0.3, -0.25) is 4.98 Å². The quantitative estimate of drug-likeness (QED) is 0.826. The molecule has 5 heteroatoms. The van der Waals surface area contributed by atoms with E-state index < -0.39 is 0 Å². The molecular weight excluding hydrogens is 238 g/mol. The van der Waals surface area contributed by atoms with Crippen molar-refractivity contribution in [3.63, 3.8) is 0 Å². The fourth-order valence-corrected chi connectivity index (χ4v) is 2.07. The van der Waals surface area contributed by atoms with Gasteiger partial charge in [0, 0.05) is 23.8 Å². The summed E-state index contributed by atoms with van der Waals surface area (Å²) in [7, 11) is 1.97. The second kappa shape index (κ2) is 6.33. The minimum absolute atomic E-state index is 0.653. The van der Waals surface area contributed by atoms with Crippen LogP contribution in [0.1, 0.15) is 23.4 Å².